The number of ether oxygens (including phenoxy) is 2. The molecule has 1 unspecified atom stereocenters. The molecule has 1 fully saturated rings. The van der Waals surface area contributed by atoms with E-state index < -0.39 is 5.91 Å². The van der Waals surface area contributed by atoms with Gasteiger partial charge < -0.3 is 14.8 Å². The van der Waals surface area contributed by atoms with Crippen molar-refractivity contribution in [1.82, 2.24) is 5.32 Å². The van der Waals surface area contributed by atoms with Gasteiger partial charge in [0.15, 0.2) is 0 Å². The van der Waals surface area contributed by atoms with Crippen molar-refractivity contribution in [2.75, 3.05) is 13.2 Å². The lowest BCUT2D eigenvalue weighted by Crippen LogP contribution is -2.32. The molecule has 0 aliphatic carbocycles. The van der Waals surface area contributed by atoms with Gasteiger partial charge in [-0.05, 0) is 54.3 Å². The highest BCUT2D eigenvalue weighted by molar-refractivity contribution is 6.01. The summed E-state index contributed by atoms with van der Waals surface area (Å²) >= 11 is 0. The van der Waals surface area contributed by atoms with Crippen molar-refractivity contribution in [3.05, 3.63) is 71.0 Å². The van der Waals surface area contributed by atoms with Gasteiger partial charge >= 0.3 is 0 Å². The fourth-order valence-corrected chi connectivity index (χ4v) is 2.83. The first-order valence-corrected chi connectivity index (χ1v) is 9.13. The predicted octanol–water partition coefficient (Wildman–Crippen LogP) is 3.61. The zero-order valence-electron chi connectivity index (χ0n) is 15.4. The summed E-state index contributed by atoms with van der Waals surface area (Å²) in [6, 6.07) is 15.1. The number of hydrogen-bond donors (Lipinski definition) is 1. The number of halogens is 1. The fourth-order valence-electron chi connectivity index (χ4n) is 2.83. The first-order chi connectivity index (χ1) is 13.6. The number of amides is 1. The Morgan fingerprint density at radius 3 is 2.64 bits per heavy atom. The first kappa shape index (κ1) is 19.6. The minimum atomic E-state index is -0.408. The summed E-state index contributed by atoms with van der Waals surface area (Å²) in [5, 5.41) is 12.0. The quantitative estimate of drug-likeness (QED) is 0.588. The zero-order valence-corrected chi connectivity index (χ0v) is 15.4. The van der Waals surface area contributed by atoms with Crippen LogP contribution in [0.4, 0.5) is 4.39 Å². The van der Waals surface area contributed by atoms with Gasteiger partial charge in [-0.3, -0.25) is 4.79 Å². The number of rotatable bonds is 7. The Balaban J connectivity index is 1.55. The second-order valence-electron chi connectivity index (χ2n) is 6.50. The Bertz CT molecular complexity index is 864. The van der Waals surface area contributed by atoms with Crippen LogP contribution in [0.2, 0.25) is 0 Å². The van der Waals surface area contributed by atoms with Crippen LogP contribution in [0, 0.1) is 17.1 Å². The minimum Gasteiger partial charge on any atom is -0.489 e. The monoisotopic (exact) mass is 380 g/mol. The van der Waals surface area contributed by atoms with Crippen molar-refractivity contribution in [2.45, 2.75) is 25.6 Å². The molecular weight excluding hydrogens is 359 g/mol. The van der Waals surface area contributed by atoms with Crippen molar-refractivity contribution < 1.29 is 18.7 Å². The molecule has 28 heavy (non-hydrogen) atoms. The summed E-state index contributed by atoms with van der Waals surface area (Å²) in [4.78, 5) is 12.2. The highest BCUT2D eigenvalue weighted by atomic mass is 19.1. The number of nitriles is 1. The van der Waals surface area contributed by atoms with Gasteiger partial charge in [0, 0.05) is 13.2 Å². The van der Waals surface area contributed by atoms with E-state index in [9.17, 15) is 14.4 Å². The van der Waals surface area contributed by atoms with E-state index in [1.54, 1.807) is 36.4 Å². The maximum absolute atomic E-state index is 12.9. The Hall–Kier alpha value is -3.17. The predicted molar refractivity (Wildman–Crippen MR) is 103 cm³/mol. The van der Waals surface area contributed by atoms with Gasteiger partial charge in [0.25, 0.3) is 5.91 Å². The highest BCUT2D eigenvalue weighted by Gasteiger charge is 2.17. The lowest BCUT2D eigenvalue weighted by Gasteiger charge is -2.10. The van der Waals surface area contributed by atoms with Crippen LogP contribution in [0.5, 0.6) is 5.75 Å². The summed E-state index contributed by atoms with van der Waals surface area (Å²) < 4.78 is 24.0. The molecule has 2 aromatic rings. The van der Waals surface area contributed by atoms with Crippen LogP contribution < -0.4 is 10.1 Å². The van der Waals surface area contributed by atoms with E-state index in [4.69, 9.17) is 9.47 Å². The average molecular weight is 380 g/mol. The number of carbonyl (C=O) groups excluding carboxylic acids is 1. The molecular formula is C22H21FN2O3. The molecule has 0 bridgehead atoms. The average Bonchev–Trinajstić information content (AvgIpc) is 3.24. The largest absolute Gasteiger partial charge is 0.489 e. The van der Waals surface area contributed by atoms with Gasteiger partial charge in [-0.15, -0.1) is 0 Å². The van der Waals surface area contributed by atoms with Gasteiger partial charge in [-0.1, -0.05) is 24.3 Å². The smallest absolute Gasteiger partial charge is 0.262 e. The van der Waals surface area contributed by atoms with Gasteiger partial charge in [0.05, 0.1) is 6.10 Å². The molecule has 0 saturated carbocycles. The third-order valence-electron chi connectivity index (χ3n) is 4.39. The molecule has 1 aliphatic heterocycles. The van der Waals surface area contributed by atoms with Crippen molar-refractivity contribution in [3.63, 3.8) is 0 Å². The Labute approximate surface area is 163 Å². The summed E-state index contributed by atoms with van der Waals surface area (Å²) in [7, 11) is 0. The van der Waals surface area contributed by atoms with Gasteiger partial charge in [0.1, 0.15) is 29.8 Å². The van der Waals surface area contributed by atoms with Crippen molar-refractivity contribution in [3.8, 4) is 11.8 Å². The SMILES string of the molecule is N#C/C(=C\c1ccc(OCc2ccc(F)cc2)cc1)C(=O)NCC1CCCO1. The summed E-state index contributed by atoms with van der Waals surface area (Å²) in [5.74, 6) is -0.0505. The van der Waals surface area contributed by atoms with Crippen LogP contribution in [0.25, 0.3) is 6.08 Å². The maximum Gasteiger partial charge on any atom is 0.262 e. The first-order valence-electron chi connectivity index (χ1n) is 9.13. The molecule has 1 aliphatic rings. The lowest BCUT2D eigenvalue weighted by atomic mass is 10.1. The molecule has 6 heteroatoms. The van der Waals surface area contributed by atoms with E-state index in [1.165, 1.54) is 18.2 Å². The number of carbonyl (C=O) groups is 1. The van der Waals surface area contributed by atoms with Crippen LogP contribution in [0.15, 0.2) is 54.1 Å². The Kier molecular flexibility index (Phi) is 6.77. The number of hydrogen-bond acceptors (Lipinski definition) is 4. The van der Waals surface area contributed by atoms with Gasteiger partial charge in [-0.25, -0.2) is 4.39 Å². The van der Waals surface area contributed by atoms with E-state index in [0.29, 0.717) is 18.9 Å². The van der Waals surface area contributed by atoms with Crippen molar-refractivity contribution >= 4 is 12.0 Å². The molecule has 1 N–H and O–H groups in total. The molecule has 0 aromatic heterocycles. The molecule has 0 radical (unpaired) electrons. The number of nitrogens with one attached hydrogen (secondary N) is 1. The van der Waals surface area contributed by atoms with Gasteiger partial charge in [0.2, 0.25) is 0 Å². The van der Waals surface area contributed by atoms with Crippen molar-refractivity contribution in [2.24, 2.45) is 0 Å². The molecule has 5 nitrogen and oxygen atoms in total. The van der Waals surface area contributed by atoms with E-state index in [2.05, 4.69) is 5.32 Å². The summed E-state index contributed by atoms with van der Waals surface area (Å²) in [6.07, 6.45) is 3.48. The Morgan fingerprint density at radius 2 is 2.00 bits per heavy atom. The second kappa shape index (κ2) is 9.67. The molecule has 144 valence electrons. The lowest BCUT2D eigenvalue weighted by molar-refractivity contribution is -0.117. The number of benzene rings is 2. The zero-order chi connectivity index (χ0) is 19.8. The molecule has 1 saturated heterocycles. The minimum absolute atomic E-state index is 0.0291. The topological polar surface area (TPSA) is 71.3 Å². The third-order valence-corrected chi connectivity index (χ3v) is 4.39. The summed E-state index contributed by atoms with van der Waals surface area (Å²) in [5.41, 5.74) is 1.62. The van der Waals surface area contributed by atoms with Crippen LogP contribution >= 0.6 is 0 Å². The maximum atomic E-state index is 12.9. The molecule has 1 heterocycles. The van der Waals surface area contributed by atoms with E-state index >= 15 is 0 Å². The third kappa shape index (κ3) is 5.66. The van der Waals surface area contributed by atoms with Crippen LogP contribution in [0.1, 0.15) is 24.0 Å². The standard InChI is InChI=1S/C22H21FN2O3/c23-19-7-3-17(4-8-19)15-28-20-9-5-16(6-10-20)12-18(13-24)22(26)25-14-21-2-1-11-27-21/h3-10,12,21H,1-2,11,14-15H2,(H,25,26)/b18-12+. The van der Waals surface area contributed by atoms with Gasteiger partial charge in [-0.2, -0.15) is 5.26 Å². The molecule has 1 atom stereocenters. The Morgan fingerprint density at radius 1 is 1.25 bits per heavy atom. The molecule has 0 spiro atoms. The highest BCUT2D eigenvalue weighted by Crippen LogP contribution is 2.17. The molecule has 1 amide bonds. The normalized spacial score (nSPS) is 16.4. The van der Waals surface area contributed by atoms with E-state index in [1.807, 2.05) is 6.07 Å². The van der Waals surface area contributed by atoms with Crippen molar-refractivity contribution in [1.29, 1.82) is 5.26 Å². The second-order valence-corrected chi connectivity index (χ2v) is 6.50. The summed E-state index contributed by atoms with van der Waals surface area (Å²) in [6.45, 7) is 1.45. The molecule has 2 aromatic carbocycles. The number of nitrogens with zero attached hydrogens (tertiary/aromatic N) is 1. The van der Waals surface area contributed by atoms with Crippen LogP contribution in [-0.2, 0) is 16.1 Å². The fraction of sp³-hybridized carbons (Fsp3) is 0.273. The van der Waals surface area contributed by atoms with Crippen LogP contribution in [0.3, 0.4) is 0 Å². The van der Waals surface area contributed by atoms with E-state index in [-0.39, 0.29) is 17.5 Å². The van der Waals surface area contributed by atoms with E-state index in [0.717, 1.165) is 30.6 Å². The molecule has 3 rings (SSSR count). The van der Waals surface area contributed by atoms with Crippen LogP contribution in [-0.4, -0.2) is 25.2 Å².